The zero-order valence-corrected chi connectivity index (χ0v) is 17.6. The average molecular weight is 430 g/mol. The van der Waals surface area contributed by atoms with Gasteiger partial charge in [-0.3, -0.25) is 4.79 Å². The summed E-state index contributed by atoms with van der Waals surface area (Å²) in [7, 11) is 0. The van der Waals surface area contributed by atoms with Crippen LogP contribution in [-0.2, 0) is 11.2 Å². The van der Waals surface area contributed by atoms with Gasteiger partial charge in [-0.2, -0.15) is 10.5 Å². The molecule has 8 heteroatoms. The van der Waals surface area contributed by atoms with Crippen LogP contribution in [0.3, 0.4) is 0 Å². The quantitative estimate of drug-likeness (QED) is 0.619. The molecule has 0 radical (unpaired) electrons. The molecular formula is C23H19N5O2S. The topological polar surface area (TPSA) is 120 Å². The van der Waals surface area contributed by atoms with Crippen molar-refractivity contribution in [2.75, 3.05) is 17.2 Å². The third kappa shape index (κ3) is 3.74. The number of hydrogen-bond acceptors (Lipinski definition) is 7. The van der Waals surface area contributed by atoms with E-state index in [-0.39, 0.29) is 22.9 Å². The molecule has 1 aliphatic rings. The summed E-state index contributed by atoms with van der Waals surface area (Å²) in [5.74, 6) is 0.289. The molecule has 0 bridgehead atoms. The van der Waals surface area contributed by atoms with Crippen LogP contribution in [0.1, 0.15) is 30.0 Å². The van der Waals surface area contributed by atoms with Crippen molar-refractivity contribution < 1.29 is 9.21 Å². The second-order valence-corrected chi connectivity index (χ2v) is 8.44. The Kier molecular flexibility index (Phi) is 5.66. The molecule has 3 aromatic rings. The van der Waals surface area contributed by atoms with Crippen LogP contribution >= 0.6 is 11.8 Å². The SMILES string of the molecule is CC(Sc1nc(N)c(C#N)c(-c2ccco2)c1C#N)C(=O)N1CCCc2ccccc21. The normalized spacial score (nSPS) is 13.7. The van der Waals surface area contributed by atoms with Gasteiger partial charge in [0, 0.05) is 12.2 Å². The standard InChI is InChI=1S/C23H19N5O2S/c1-14(23(29)28-10-4-7-15-6-2-3-8-18(15)28)31-22-17(13-25)20(19-9-5-11-30-19)16(12-24)21(26)27-22/h2-3,5-6,8-9,11,14H,4,7,10H2,1H3,(H2,26,27). The number of amides is 1. The molecule has 2 N–H and O–H groups in total. The Balaban J connectivity index is 1.70. The maximum absolute atomic E-state index is 13.3. The van der Waals surface area contributed by atoms with Crippen molar-refractivity contribution in [1.82, 2.24) is 4.98 Å². The van der Waals surface area contributed by atoms with Crippen LogP contribution in [0.5, 0.6) is 0 Å². The van der Waals surface area contributed by atoms with Crippen molar-refractivity contribution in [3.63, 3.8) is 0 Å². The Morgan fingerprint density at radius 1 is 1.23 bits per heavy atom. The molecule has 1 atom stereocenters. The molecule has 4 rings (SSSR count). The van der Waals surface area contributed by atoms with Crippen LogP contribution in [0.2, 0.25) is 0 Å². The number of nitrogen functional groups attached to an aromatic ring is 1. The van der Waals surface area contributed by atoms with Gasteiger partial charge in [0.05, 0.1) is 22.6 Å². The highest BCUT2D eigenvalue weighted by Gasteiger charge is 2.29. The predicted molar refractivity (Wildman–Crippen MR) is 118 cm³/mol. The van der Waals surface area contributed by atoms with E-state index in [9.17, 15) is 15.3 Å². The molecule has 0 saturated carbocycles. The van der Waals surface area contributed by atoms with Crippen LogP contribution in [0.4, 0.5) is 11.5 Å². The Morgan fingerprint density at radius 2 is 2.00 bits per heavy atom. The molecular weight excluding hydrogens is 410 g/mol. The Labute approximate surface area is 184 Å². The summed E-state index contributed by atoms with van der Waals surface area (Å²) in [5, 5.41) is 19.2. The molecule has 1 aliphatic heterocycles. The van der Waals surface area contributed by atoms with Crippen molar-refractivity contribution >= 4 is 29.2 Å². The fourth-order valence-corrected chi connectivity index (χ4v) is 4.73. The van der Waals surface area contributed by atoms with E-state index >= 15 is 0 Å². The summed E-state index contributed by atoms with van der Waals surface area (Å²) < 4.78 is 5.43. The minimum Gasteiger partial charge on any atom is -0.464 e. The molecule has 1 amide bonds. The second kappa shape index (κ2) is 8.55. The summed E-state index contributed by atoms with van der Waals surface area (Å²) in [5.41, 5.74) is 8.66. The first-order chi connectivity index (χ1) is 15.0. The molecule has 0 aliphatic carbocycles. The molecule has 0 spiro atoms. The molecule has 31 heavy (non-hydrogen) atoms. The van der Waals surface area contributed by atoms with Crippen LogP contribution in [0.25, 0.3) is 11.3 Å². The lowest BCUT2D eigenvalue weighted by Gasteiger charge is -2.31. The van der Waals surface area contributed by atoms with E-state index in [1.807, 2.05) is 30.3 Å². The molecule has 0 saturated heterocycles. The number of rotatable bonds is 4. The highest BCUT2D eigenvalue weighted by molar-refractivity contribution is 8.00. The van der Waals surface area contributed by atoms with Crippen molar-refractivity contribution in [2.45, 2.75) is 30.0 Å². The Morgan fingerprint density at radius 3 is 2.71 bits per heavy atom. The molecule has 7 nitrogen and oxygen atoms in total. The lowest BCUT2D eigenvalue weighted by Crippen LogP contribution is -2.40. The molecule has 1 unspecified atom stereocenters. The number of benzene rings is 1. The van der Waals surface area contributed by atoms with Crippen molar-refractivity contribution in [2.24, 2.45) is 0 Å². The second-order valence-electron chi connectivity index (χ2n) is 7.11. The van der Waals surface area contributed by atoms with E-state index in [2.05, 4.69) is 11.1 Å². The van der Waals surface area contributed by atoms with Crippen LogP contribution in [-0.4, -0.2) is 22.7 Å². The van der Waals surface area contributed by atoms with Gasteiger partial charge in [0.1, 0.15) is 34.3 Å². The summed E-state index contributed by atoms with van der Waals surface area (Å²) in [6.45, 7) is 2.43. The fourth-order valence-electron chi connectivity index (χ4n) is 3.75. The number of pyridine rings is 1. The van der Waals surface area contributed by atoms with E-state index < -0.39 is 5.25 Å². The predicted octanol–water partition coefficient (Wildman–Crippen LogP) is 4.13. The third-order valence-electron chi connectivity index (χ3n) is 5.20. The molecule has 154 valence electrons. The smallest absolute Gasteiger partial charge is 0.240 e. The number of furan rings is 1. The number of carbonyl (C=O) groups excluding carboxylic acids is 1. The fraction of sp³-hybridized carbons (Fsp3) is 0.217. The van der Waals surface area contributed by atoms with Crippen LogP contribution in [0.15, 0.2) is 52.1 Å². The largest absolute Gasteiger partial charge is 0.464 e. The van der Waals surface area contributed by atoms with Crippen molar-refractivity contribution in [1.29, 1.82) is 10.5 Å². The number of carbonyl (C=O) groups is 1. The molecule has 2 aromatic heterocycles. The van der Waals surface area contributed by atoms with Crippen molar-refractivity contribution in [3.05, 3.63) is 59.4 Å². The maximum atomic E-state index is 13.3. The van der Waals surface area contributed by atoms with Gasteiger partial charge < -0.3 is 15.1 Å². The van der Waals surface area contributed by atoms with E-state index in [0.29, 0.717) is 22.9 Å². The average Bonchev–Trinajstić information content (AvgIpc) is 3.32. The van der Waals surface area contributed by atoms with Gasteiger partial charge in [0.25, 0.3) is 0 Å². The van der Waals surface area contributed by atoms with Crippen LogP contribution in [0, 0.1) is 22.7 Å². The summed E-state index contributed by atoms with van der Waals surface area (Å²) >= 11 is 1.16. The Hall–Kier alpha value is -3.75. The number of aromatic nitrogens is 1. The highest BCUT2D eigenvalue weighted by atomic mass is 32.2. The van der Waals surface area contributed by atoms with Crippen LogP contribution < -0.4 is 10.6 Å². The summed E-state index contributed by atoms with van der Waals surface area (Å²) in [6, 6.07) is 15.4. The number of fused-ring (bicyclic) bond motifs is 1. The minimum atomic E-state index is -0.512. The van der Waals surface area contributed by atoms with Crippen molar-refractivity contribution in [3.8, 4) is 23.5 Å². The van der Waals surface area contributed by atoms with Gasteiger partial charge in [0.2, 0.25) is 5.91 Å². The maximum Gasteiger partial charge on any atom is 0.240 e. The number of nitrogens with zero attached hydrogens (tertiary/aromatic N) is 4. The zero-order chi connectivity index (χ0) is 22.0. The van der Waals surface area contributed by atoms with Gasteiger partial charge in [-0.15, -0.1) is 0 Å². The van der Waals surface area contributed by atoms with Gasteiger partial charge in [-0.1, -0.05) is 30.0 Å². The Bertz CT molecular complexity index is 1220. The number of anilines is 2. The molecule has 0 fully saturated rings. The number of aryl methyl sites for hydroxylation is 1. The molecule has 3 heterocycles. The van der Waals surface area contributed by atoms with E-state index in [1.165, 1.54) is 6.26 Å². The van der Waals surface area contributed by atoms with E-state index in [0.717, 1.165) is 35.9 Å². The lowest BCUT2D eigenvalue weighted by atomic mass is 10.0. The first-order valence-electron chi connectivity index (χ1n) is 9.78. The number of para-hydroxylation sites is 1. The zero-order valence-electron chi connectivity index (χ0n) is 16.8. The minimum absolute atomic E-state index is 0.00151. The highest BCUT2D eigenvalue weighted by Crippen LogP contribution is 2.38. The van der Waals surface area contributed by atoms with Gasteiger partial charge in [0.15, 0.2) is 0 Å². The monoisotopic (exact) mass is 429 g/mol. The third-order valence-corrected chi connectivity index (χ3v) is 6.27. The van der Waals surface area contributed by atoms with Gasteiger partial charge >= 0.3 is 0 Å². The first-order valence-corrected chi connectivity index (χ1v) is 10.7. The van der Waals surface area contributed by atoms with Gasteiger partial charge in [-0.25, -0.2) is 4.98 Å². The number of hydrogen-bond donors (Lipinski definition) is 1. The number of thioether (sulfide) groups is 1. The summed E-state index contributed by atoms with van der Waals surface area (Å²) in [4.78, 5) is 19.4. The van der Waals surface area contributed by atoms with E-state index in [4.69, 9.17) is 10.2 Å². The lowest BCUT2D eigenvalue weighted by molar-refractivity contribution is -0.117. The number of nitrogens with two attached hydrogens (primary N) is 1. The number of nitriles is 2. The first kappa shape index (κ1) is 20.5. The molecule has 1 aromatic carbocycles. The van der Waals surface area contributed by atoms with E-state index in [1.54, 1.807) is 24.0 Å². The van der Waals surface area contributed by atoms with Gasteiger partial charge in [-0.05, 0) is 43.5 Å². The summed E-state index contributed by atoms with van der Waals surface area (Å²) in [6.07, 6.45) is 3.30.